The number of hydrogen-bond donors (Lipinski definition) is 0. The van der Waals surface area contributed by atoms with Crippen LogP contribution in [0.25, 0.3) is 0 Å². The molecule has 0 bridgehead atoms. The standard InChI is InChI=1S/C20H20O4S3/c1-15(2)20-19(27(23,24)17-11-7-4-8-12-17)13-18(14-25-20)26(21,22)16-9-5-3-6-10-16/h3-15,20H,1-2H3. The molecule has 0 N–H and O–H groups in total. The summed E-state index contributed by atoms with van der Waals surface area (Å²) in [6.45, 7) is 3.85. The smallest absolute Gasteiger partial charge is 0.207 e. The highest BCUT2D eigenvalue weighted by Gasteiger charge is 2.35. The van der Waals surface area contributed by atoms with Crippen molar-refractivity contribution >= 4 is 31.4 Å². The third kappa shape index (κ3) is 3.90. The summed E-state index contributed by atoms with van der Waals surface area (Å²) < 4.78 is 52.3. The van der Waals surface area contributed by atoms with E-state index in [1.54, 1.807) is 41.8 Å². The fraction of sp³-hybridized carbons (Fsp3) is 0.200. The third-order valence-electron chi connectivity index (χ3n) is 4.23. The zero-order valence-corrected chi connectivity index (χ0v) is 17.4. The van der Waals surface area contributed by atoms with Crippen LogP contribution in [0.4, 0.5) is 0 Å². The second-order valence-electron chi connectivity index (χ2n) is 6.50. The van der Waals surface area contributed by atoms with E-state index in [9.17, 15) is 16.8 Å². The minimum Gasteiger partial charge on any atom is -0.219 e. The van der Waals surface area contributed by atoms with Crippen molar-refractivity contribution in [1.29, 1.82) is 0 Å². The van der Waals surface area contributed by atoms with Crippen LogP contribution < -0.4 is 0 Å². The summed E-state index contributed by atoms with van der Waals surface area (Å²) in [5.74, 6) is 0.0250. The normalized spacial score (nSPS) is 18.1. The Morgan fingerprint density at radius 1 is 0.778 bits per heavy atom. The topological polar surface area (TPSA) is 68.3 Å². The van der Waals surface area contributed by atoms with Crippen molar-refractivity contribution in [3.05, 3.63) is 82.0 Å². The molecule has 0 fully saturated rings. The van der Waals surface area contributed by atoms with Gasteiger partial charge in [-0.2, -0.15) is 0 Å². The first-order valence-corrected chi connectivity index (χ1v) is 12.3. The summed E-state index contributed by atoms with van der Waals surface area (Å²) in [6, 6.07) is 16.2. The van der Waals surface area contributed by atoms with Gasteiger partial charge in [-0.3, -0.25) is 0 Å². The fourth-order valence-corrected chi connectivity index (χ4v) is 7.67. The molecule has 0 saturated carbocycles. The van der Waals surface area contributed by atoms with Gasteiger partial charge in [0.15, 0.2) is 0 Å². The maximum Gasteiger partial charge on any atom is 0.207 e. The quantitative estimate of drug-likeness (QED) is 0.716. The van der Waals surface area contributed by atoms with Gasteiger partial charge < -0.3 is 0 Å². The first kappa shape index (κ1) is 19.9. The third-order valence-corrected chi connectivity index (χ3v) is 9.64. The average Bonchev–Trinajstić information content (AvgIpc) is 2.68. The summed E-state index contributed by atoms with van der Waals surface area (Å²) in [5.41, 5.74) is 0. The summed E-state index contributed by atoms with van der Waals surface area (Å²) in [4.78, 5) is 0.448. The van der Waals surface area contributed by atoms with Gasteiger partial charge in [-0.1, -0.05) is 50.2 Å². The molecule has 4 nitrogen and oxygen atoms in total. The van der Waals surface area contributed by atoms with E-state index in [4.69, 9.17) is 0 Å². The Morgan fingerprint density at radius 2 is 1.26 bits per heavy atom. The summed E-state index contributed by atoms with van der Waals surface area (Å²) >= 11 is 1.24. The highest BCUT2D eigenvalue weighted by atomic mass is 32.2. The number of benzene rings is 2. The molecule has 1 heterocycles. The molecule has 3 rings (SSSR count). The van der Waals surface area contributed by atoms with Gasteiger partial charge >= 0.3 is 0 Å². The van der Waals surface area contributed by atoms with Crippen LogP contribution in [0.3, 0.4) is 0 Å². The van der Waals surface area contributed by atoms with E-state index in [0.29, 0.717) is 0 Å². The zero-order valence-electron chi connectivity index (χ0n) is 14.9. The van der Waals surface area contributed by atoms with Crippen LogP contribution in [0, 0.1) is 5.92 Å². The lowest BCUT2D eigenvalue weighted by Crippen LogP contribution is -2.24. The SMILES string of the molecule is CC(C)C1SC=C(S(=O)(=O)c2ccccc2)C=C1S(=O)(=O)c1ccccc1. The largest absolute Gasteiger partial charge is 0.219 e. The van der Waals surface area contributed by atoms with Crippen LogP contribution in [-0.4, -0.2) is 22.1 Å². The van der Waals surface area contributed by atoms with Gasteiger partial charge in [-0.25, -0.2) is 16.8 Å². The highest BCUT2D eigenvalue weighted by molar-refractivity contribution is 8.06. The van der Waals surface area contributed by atoms with Crippen molar-refractivity contribution in [3.63, 3.8) is 0 Å². The molecule has 0 aromatic heterocycles. The predicted molar refractivity (Wildman–Crippen MR) is 110 cm³/mol. The molecule has 1 unspecified atom stereocenters. The Hall–Kier alpha value is -1.83. The van der Waals surface area contributed by atoms with Gasteiger partial charge in [0.1, 0.15) is 0 Å². The Morgan fingerprint density at radius 3 is 1.74 bits per heavy atom. The van der Waals surface area contributed by atoms with E-state index in [1.165, 1.54) is 42.1 Å². The summed E-state index contributed by atoms with van der Waals surface area (Å²) in [7, 11) is -7.58. The van der Waals surface area contributed by atoms with E-state index < -0.39 is 19.7 Å². The molecular formula is C20H20O4S3. The number of hydrogen-bond acceptors (Lipinski definition) is 5. The van der Waals surface area contributed by atoms with Gasteiger partial charge in [0.25, 0.3) is 0 Å². The molecule has 0 amide bonds. The van der Waals surface area contributed by atoms with Gasteiger partial charge in [0.05, 0.1) is 19.6 Å². The molecule has 0 spiro atoms. The van der Waals surface area contributed by atoms with Gasteiger partial charge in [0, 0.05) is 5.25 Å². The Bertz CT molecular complexity index is 1080. The molecule has 1 aliphatic rings. The summed E-state index contributed by atoms with van der Waals surface area (Å²) in [5, 5.41) is 1.21. The molecule has 142 valence electrons. The molecular weight excluding hydrogens is 400 g/mol. The monoisotopic (exact) mass is 420 g/mol. The molecule has 0 saturated heterocycles. The first-order valence-electron chi connectivity index (χ1n) is 8.42. The number of thioether (sulfide) groups is 1. The van der Waals surface area contributed by atoms with Crippen molar-refractivity contribution in [3.8, 4) is 0 Å². The van der Waals surface area contributed by atoms with Crippen molar-refractivity contribution in [2.75, 3.05) is 0 Å². The molecule has 1 atom stereocenters. The second kappa shape index (κ2) is 7.66. The van der Waals surface area contributed by atoms with Crippen molar-refractivity contribution in [2.45, 2.75) is 28.9 Å². The van der Waals surface area contributed by atoms with Crippen LogP contribution in [0.15, 0.2) is 91.7 Å². The van der Waals surface area contributed by atoms with Crippen molar-refractivity contribution in [1.82, 2.24) is 0 Å². The highest BCUT2D eigenvalue weighted by Crippen LogP contribution is 2.40. The molecule has 2 aromatic rings. The van der Waals surface area contributed by atoms with E-state index >= 15 is 0 Å². The van der Waals surface area contributed by atoms with Crippen molar-refractivity contribution in [2.24, 2.45) is 5.92 Å². The second-order valence-corrected chi connectivity index (χ2v) is 11.4. The Labute approximate surface area is 164 Å². The van der Waals surface area contributed by atoms with Crippen LogP contribution in [0.1, 0.15) is 13.8 Å². The fourth-order valence-electron chi connectivity index (χ4n) is 2.79. The van der Waals surface area contributed by atoms with Gasteiger partial charge in [-0.05, 0) is 41.7 Å². The van der Waals surface area contributed by atoms with E-state index in [2.05, 4.69) is 0 Å². The number of allylic oxidation sites excluding steroid dienone is 1. The van der Waals surface area contributed by atoms with Crippen molar-refractivity contribution < 1.29 is 16.8 Å². The van der Waals surface area contributed by atoms with Crippen LogP contribution in [0.5, 0.6) is 0 Å². The zero-order chi connectivity index (χ0) is 19.7. The van der Waals surface area contributed by atoms with E-state index in [-0.39, 0.29) is 30.8 Å². The number of rotatable bonds is 5. The predicted octanol–water partition coefficient (Wildman–Crippen LogP) is 4.43. The van der Waals surface area contributed by atoms with E-state index in [1.807, 2.05) is 13.8 Å². The van der Waals surface area contributed by atoms with Crippen LogP contribution >= 0.6 is 11.8 Å². The lowest BCUT2D eigenvalue weighted by atomic mass is 10.1. The van der Waals surface area contributed by atoms with Gasteiger partial charge in [0.2, 0.25) is 19.7 Å². The minimum atomic E-state index is -3.80. The molecule has 1 aliphatic heterocycles. The lowest BCUT2D eigenvalue weighted by molar-refractivity contribution is 0.592. The number of sulfone groups is 2. The van der Waals surface area contributed by atoms with Crippen LogP contribution in [-0.2, 0) is 19.7 Å². The Balaban J connectivity index is 2.13. The molecule has 0 radical (unpaired) electrons. The first-order chi connectivity index (χ1) is 12.7. The maximum atomic E-state index is 13.2. The Kier molecular flexibility index (Phi) is 5.65. The molecule has 27 heavy (non-hydrogen) atoms. The average molecular weight is 421 g/mol. The molecule has 0 aliphatic carbocycles. The van der Waals surface area contributed by atoms with E-state index in [0.717, 1.165) is 0 Å². The summed E-state index contributed by atoms with van der Waals surface area (Å²) in [6.07, 6.45) is 1.33. The maximum absolute atomic E-state index is 13.2. The molecule has 7 heteroatoms. The van der Waals surface area contributed by atoms with Crippen LogP contribution in [0.2, 0.25) is 0 Å². The minimum absolute atomic E-state index is 0.00473. The molecule has 2 aromatic carbocycles. The van der Waals surface area contributed by atoms with Gasteiger partial charge in [-0.15, -0.1) is 11.8 Å². The lowest BCUT2D eigenvalue weighted by Gasteiger charge is -2.26.